The molecule has 0 radical (unpaired) electrons. The second kappa shape index (κ2) is 8.57. The first-order chi connectivity index (χ1) is 15.2. The van der Waals surface area contributed by atoms with Crippen LogP contribution in [0.4, 0.5) is 5.82 Å². The summed E-state index contributed by atoms with van der Waals surface area (Å²) in [5.41, 5.74) is 2.54. The number of carbonyl (C=O) groups excluding carboxylic acids is 1. The van der Waals surface area contributed by atoms with Gasteiger partial charge in [-0.15, -0.1) is 0 Å². The first-order valence-corrected chi connectivity index (χ1v) is 10.8. The van der Waals surface area contributed by atoms with Crippen LogP contribution in [-0.4, -0.2) is 45.7 Å². The molecule has 166 valence electrons. The second-order valence-electron chi connectivity index (χ2n) is 9.07. The molecule has 1 saturated heterocycles. The number of esters is 1. The van der Waals surface area contributed by atoms with Crippen molar-refractivity contribution in [3.8, 4) is 11.3 Å². The van der Waals surface area contributed by atoms with Crippen LogP contribution in [0.2, 0.25) is 0 Å². The van der Waals surface area contributed by atoms with Gasteiger partial charge >= 0.3 is 11.9 Å². The van der Waals surface area contributed by atoms with E-state index in [1.54, 1.807) is 18.2 Å². The van der Waals surface area contributed by atoms with Gasteiger partial charge in [0.1, 0.15) is 11.3 Å². The molecule has 0 atom stereocenters. The van der Waals surface area contributed by atoms with E-state index in [-0.39, 0.29) is 17.5 Å². The molecule has 7 heteroatoms. The molecule has 2 heterocycles. The van der Waals surface area contributed by atoms with E-state index in [4.69, 9.17) is 14.7 Å². The lowest BCUT2D eigenvalue weighted by Crippen LogP contribution is -2.39. The topological polar surface area (TPSA) is 92.6 Å². The highest BCUT2D eigenvalue weighted by atomic mass is 16.6. The minimum absolute atomic E-state index is 0.141. The van der Waals surface area contributed by atoms with Gasteiger partial charge in [-0.05, 0) is 51.8 Å². The van der Waals surface area contributed by atoms with Crippen molar-refractivity contribution in [1.82, 2.24) is 9.97 Å². The molecule has 1 aromatic heterocycles. The summed E-state index contributed by atoms with van der Waals surface area (Å²) in [6, 6.07) is 14.6. The molecule has 2 aromatic carbocycles. The molecule has 1 N–H and O–H groups in total. The number of piperidine rings is 1. The number of carbonyl (C=O) groups is 2. The monoisotopic (exact) mass is 433 g/mol. The average Bonchev–Trinajstić information content (AvgIpc) is 2.77. The molecule has 0 unspecified atom stereocenters. The lowest BCUT2D eigenvalue weighted by Gasteiger charge is -2.34. The van der Waals surface area contributed by atoms with Gasteiger partial charge in [0.15, 0.2) is 5.82 Å². The Morgan fingerprint density at radius 2 is 1.69 bits per heavy atom. The van der Waals surface area contributed by atoms with E-state index in [9.17, 15) is 14.7 Å². The maximum absolute atomic E-state index is 12.5. The molecule has 0 saturated carbocycles. The maximum atomic E-state index is 12.5. The molecular weight excluding hydrogens is 406 g/mol. The standard InChI is InChI=1S/C25H27N3O4/c1-25(2,3)32-24(31)17-11-13-28(14-12-17)22-21(16-7-5-4-6-8-16)26-19-10-9-18(23(29)30)15-20(19)27-22/h4-10,15,17H,11-14H2,1-3H3,(H,29,30). The fraction of sp³-hybridized carbons (Fsp3) is 0.360. The minimum atomic E-state index is -0.999. The van der Waals surface area contributed by atoms with E-state index in [1.165, 1.54) is 0 Å². The number of nitrogens with zero attached hydrogens (tertiary/aromatic N) is 3. The van der Waals surface area contributed by atoms with Gasteiger partial charge < -0.3 is 14.7 Å². The zero-order valence-electron chi connectivity index (χ0n) is 18.5. The number of aromatic nitrogens is 2. The quantitative estimate of drug-likeness (QED) is 0.603. The highest BCUT2D eigenvalue weighted by molar-refractivity contribution is 5.93. The fourth-order valence-corrected chi connectivity index (χ4v) is 3.90. The molecule has 0 bridgehead atoms. The summed E-state index contributed by atoms with van der Waals surface area (Å²) < 4.78 is 5.56. The van der Waals surface area contributed by atoms with Crippen LogP contribution in [0, 0.1) is 5.92 Å². The summed E-state index contributed by atoms with van der Waals surface area (Å²) in [6.07, 6.45) is 1.33. The molecule has 0 amide bonds. The van der Waals surface area contributed by atoms with E-state index in [2.05, 4.69) is 4.90 Å². The summed E-state index contributed by atoms with van der Waals surface area (Å²) in [4.78, 5) is 35.7. The van der Waals surface area contributed by atoms with Gasteiger partial charge in [-0.1, -0.05) is 30.3 Å². The third kappa shape index (κ3) is 4.72. The normalized spacial score (nSPS) is 15.0. The van der Waals surface area contributed by atoms with Crippen molar-refractivity contribution in [2.75, 3.05) is 18.0 Å². The Morgan fingerprint density at radius 1 is 1.00 bits per heavy atom. The van der Waals surface area contributed by atoms with E-state index < -0.39 is 11.6 Å². The number of carboxylic acids is 1. The number of fused-ring (bicyclic) bond motifs is 1. The Hall–Kier alpha value is -3.48. The first kappa shape index (κ1) is 21.7. The summed E-state index contributed by atoms with van der Waals surface area (Å²) in [7, 11) is 0. The van der Waals surface area contributed by atoms with Gasteiger partial charge in [0.05, 0.1) is 22.5 Å². The Kier molecular flexibility index (Phi) is 5.82. The summed E-state index contributed by atoms with van der Waals surface area (Å²) in [5, 5.41) is 9.35. The van der Waals surface area contributed by atoms with Crippen molar-refractivity contribution in [2.45, 2.75) is 39.2 Å². The van der Waals surface area contributed by atoms with Crippen LogP contribution < -0.4 is 4.90 Å². The number of aromatic carboxylic acids is 1. The van der Waals surface area contributed by atoms with Crippen LogP contribution in [0.15, 0.2) is 48.5 Å². The van der Waals surface area contributed by atoms with Gasteiger partial charge in [0.2, 0.25) is 0 Å². The number of rotatable bonds is 4. The zero-order valence-corrected chi connectivity index (χ0v) is 18.5. The number of anilines is 1. The number of carboxylic acid groups (broad SMARTS) is 1. The number of ether oxygens (including phenoxy) is 1. The number of hydrogen-bond acceptors (Lipinski definition) is 6. The van der Waals surface area contributed by atoms with Gasteiger partial charge in [-0.3, -0.25) is 4.79 Å². The lowest BCUT2D eigenvalue weighted by molar-refractivity contribution is -0.160. The average molecular weight is 434 g/mol. The first-order valence-electron chi connectivity index (χ1n) is 10.8. The molecule has 3 aromatic rings. The fourth-order valence-electron chi connectivity index (χ4n) is 3.90. The van der Waals surface area contributed by atoms with Crippen LogP contribution in [0.1, 0.15) is 44.0 Å². The summed E-state index contributed by atoms with van der Waals surface area (Å²) in [6.45, 7) is 6.91. The third-order valence-electron chi connectivity index (χ3n) is 5.47. The van der Waals surface area contributed by atoms with Crippen molar-refractivity contribution >= 4 is 28.8 Å². The van der Waals surface area contributed by atoms with Crippen LogP contribution in [0.25, 0.3) is 22.3 Å². The Bertz CT molecular complexity index is 1150. The summed E-state index contributed by atoms with van der Waals surface area (Å²) in [5.74, 6) is -0.594. The van der Waals surface area contributed by atoms with E-state index in [0.29, 0.717) is 42.8 Å². The zero-order chi connectivity index (χ0) is 22.9. The van der Waals surface area contributed by atoms with Crippen molar-refractivity contribution in [2.24, 2.45) is 5.92 Å². The van der Waals surface area contributed by atoms with Crippen LogP contribution in [-0.2, 0) is 9.53 Å². The molecule has 1 fully saturated rings. The predicted molar refractivity (Wildman–Crippen MR) is 123 cm³/mol. The predicted octanol–water partition coefficient (Wildman–Crippen LogP) is 4.55. The van der Waals surface area contributed by atoms with E-state index >= 15 is 0 Å². The Labute approximate surface area is 187 Å². The van der Waals surface area contributed by atoms with Crippen LogP contribution in [0.5, 0.6) is 0 Å². The highest BCUT2D eigenvalue weighted by Crippen LogP contribution is 2.33. The molecule has 1 aliphatic rings. The molecule has 0 aliphatic carbocycles. The van der Waals surface area contributed by atoms with Gasteiger partial charge in [0, 0.05) is 18.7 Å². The van der Waals surface area contributed by atoms with Gasteiger partial charge in [-0.25, -0.2) is 14.8 Å². The van der Waals surface area contributed by atoms with E-state index in [0.717, 1.165) is 11.3 Å². The molecule has 0 spiro atoms. The Morgan fingerprint density at radius 3 is 2.31 bits per heavy atom. The maximum Gasteiger partial charge on any atom is 0.335 e. The number of hydrogen-bond donors (Lipinski definition) is 1. The van der Waals surface area contributed by atoms with E-state index in [1.807, 2.05) is 51.1 Å². The van der Waals surface area contributed by atoms with Crippen LogP contribution in [0.3, 0.4) is 0 Å². The largest absolute Gasteiger partial charge is 0.478 e. The van der Waals surface area contributed by atoms with Crippen molar-refractivity contribution in [3.63, 3.8) is 0 Å². The van der Waals surface area contributed by atoms with Gasteiger partial charge in [0.25, 0.3) is 0 Å². The molecule has 7 nitrogen and oxygen atoms in total. The highest BCUT2D eigenvalue weighted by Gasteiger charge is 2.30. The van der Waals surface area contributed by atoms with Crippen molar-refractivity contribution in [3.05, 3.63) is 54.1 Å². The molecule has 32 heavy (non-hydrogen) atoms. The molecular formula is C25H27N3O4. The van der Waals surface area contributed by atoms with Gasteiger partial charge in [-0.2, -0.15) is 0 Å². The number of benzene rings is 2. The van der Waals surface area contributed by atoms with Crippen molar-refractivity contribution in [1.29, 1.82) is 0 Å². The summed E-state index contributed by atoms with van der Waals surface area (Å²) >= 11 is 0. The third-order valence-corrected chi connectivity index (χ3v) is 5.47. The molecule has 4 rings (SSSR count). The SMILES string of the molecule is CC(C)(C)OC(=O)C1CCN(c2nc3cc(C(=O)O)ccc3nc2-c2ccccc2)CC1. The second-order valence-corrected chi connectivity index (χ2v) is 9.07. The van der Waals surface area contributed by atoms with Crippen LogP contribution >= 0.6 is 0 Å². The minimum Gasteiger partial charge on any atom is -0.478 e. The molecule has 1 aliphatic heterocycles. The smallest absolute Gasteiger partial charge is 0.335 e. The van der Waals surface area contributed by atoms with Crippen molar-refractivity contribution < 1.29 is 19.4 Å². The lowest BCUT2D eigenvalue weighted by atomic mass is 9.96. The Balaban J connectivity index is 1.67.